The molecule has 116 valence electrons. The maximum absolute atomic E-state index is 12.9. The Kier molecular flexibility index (Phi) is 4.91. The van der Waals surface area contributed by atoms with E-state index in [1.54, 1.807) is 12.1 Å². The number of halogens is 1. The van der Waals surface area contributed by atoms with Gasteiger partial charge < -0.3 is 0 Å². The van der Waals surface area contributed by atoms with E-state index in [1.807, 2.05) is 12.1 Å². The fourth-order valence-corrected chi connectivity index (χ4v) is 3.87. The van der Waals surface area contributed by atoms with Gasteiger partial charge in [0, 0.05) is 38.8 Å². The lowest BCUT2D eigenvalue weighted by Gasteiger charge is -2.42. The summed E-state index contributed by atoms with van der Waals surface area (Å²) >= 11 is 0. The number of hydrogen-bond acceptors (Lipinski definition) is 2. The van der Waals surface area contributed by atoms with Crippen LogP contribution in [0, 0.1) is 11.7 Å². The molecule has 1 aliphatic heterocycles. The summed E-state index contributed by atoms with van der Waals surface area (Å²) in [4.78, 5) is 5.20. The Hall–Kier alpha value is -0.930. The fourth-order valence-electron chi connectivity index (χ4n) is 3.87. The zero-order valence-corrected chi connectivity index (χ0v) is 13.1. The summed E-state index contributed by atoms with van der Waals surface area (Å²) in [7, 11) is 0. The van der Waals surface area contributed by atoms with E-state index < -0.39 is 0 Å². The minimum absolute atomic E-state index is 0.144. The van der Waals surface area contributed by atoms with Gasteiger partial charge in [0.25, 0.3) is 0 Å². The molecule has 1 aliphatic carbocycles. The first kappa shape index (κ1) is 15.0. The Morgan fingerprint density at radius 3 is 2.43 bits per heavy atom. The van der Waals surface area contributed by atoms with Crippen LogP contribution in [-0.2, 0) is 6.54 Å². The highest BCUT2D eigenvalue weighted by molar-refractivity contribution is 5.16. The maximum Gasteiger partial charge on any atom is 0.123 e. The molecule has 1 saturated carbocycles. The van der Waals surface area contributed by atoms with Gasteiger partial charge in [0.15, 0.2) is 0 Å². The van der Waals surface area contributed by atoms with Crippen molar-refractivity contribution in [2.24, 2.45) is 5.92 Å². The first-order valence-electron chi connectivity index (χ1n) is 8.41. The molecular formula is C18H27FN2. The van der Waals surface area contributed by atoms with E-state index in [1.165, 1.54) is 44.3 Å². The topological polar surface area (TPSA) is 6.48 Å². The standard InChI is InChI=1S/C18H27FN2/c1-15-3-2-4-18(13-15)21-11-9-20(10-12-21)14-16-5-7-17(19)8-6-16/h5-8,15,18H,2-4,9-14H2,1H3. The fraction of sp³-hybridized carbons (Fsp3) is 0.667. The quantitative estimate of drug-likeness (QED) is 0.840. The van der Waals surface area contributed by atoms with E-state index >= 15 is 0 Å². The number of hydrogen-bond donors (Lipinski definition) is 0. The first-order chi connectivity index (χ1) is 10.2. The van der Waals surface area contributed by atoms with Crippen LogP contribution in [0.1, 0.15) is 38.2 Å². The number of rotatable bonds is 3. The van der Waals surface area contributed by atoms with Crippen molar-refractivity contribution in [3.05, 3.63) is 35.6 Å². The van der Waals surface area contributed by atoms with Crippen molar-refractivity contribution in [1.82, 2.24) is 9.80 Å². The molecule has 1 aromatic rings. The van der Waals surface area contributed by atoms with Crippen molar-refractivity contribution in [3.63, 3.8) is 0 Å². The lowest BCUT2D eigenvalue weighted by molar-refractivity contribution is 0.0659. The summed E-state index contributed by atoms with van der Waals surface area (Å²) in [6.45, 7) is 8.02. The third kappa shape index (κ3) is 4.04. The molecular weight excluding hydrogens is 263 g/mol. The van der Waals surface area contributed by atoms with Crippen molar-refractivity contribution in [2.75, 3.05) is 26.2 Å². The van der Waals surface area contributed by atoms with Crippen LogP contribution in [0.4, 0.5) is 4.39 Å². The molecule has 2 unspecified atom stereocenters. The molecule has 0 amide bonds. The highest BCUT2D eigenvalue weighted by atomic mass is 19.1. The Morgan fingerprint density at radius 2 is 1.76 bits per heavy atom. The predicted molar refractivity (Wildman–Crippen MR) is 84.7 cm³/mol. The molecule has 1 aromatic carbocycles. The summed E-state index contributed by atoms with van der Waals surface area (Å²) < 4.78 is 12.9. The van der Waals surface area contributed by atoms with Crippen LogP contribution >= 0.6 is 0 Å². The van der Waals surface area contributed by atoms with E-state index in [0.717, 1.165) is 31.6 Å². The largest absolute Gasteiger partial charge is 0.298 e. The SMILES string of the molecule is CC1CCCC(N2CCN(Cc3ccc(F)cc3)CC2)C1. The van der Waals surface area contributed by atoms with E-state index in [0.29, 0.717) is 0 Å². The van der Waals surface area contributed by atoms with Crippen molar-refractivity contribution < 1.29 is 4.39 Å². The van der Waals surface area contributed by atoms with Gasteiger partial charge in [0.2, 0.25) is 0 Å². The lowest BCUT2D eigenvalue weighted by Crippen LogP contribution is -2.50. The van der Waals surface area contributed by atoms with Crippen LogP contribution in [0.25, 0.3) is 0 Å². The van der Waals surface area contributed by atoms with Gasteiger partial charge in [0.1, 0.15) is 5.82 Å². The third-order valence-corrected chi connectivity index (χ3v) is 5.15. The minimum Gasteiger partial charge on any atom is -0.298 e. The summed E-state index contributed by atoms with van der Waals surface area (Å²) in [5.74, 6) is 0.760. The first-order valence-corrected chi connectivity index (χ1v) is 8.41. The van der Waals surface area contributed by atoms with Crippen LogP contribution in [0.15, 0.2) is 24.3 Å². The van der Waals surface area contributed by atoms with Crippen LogP contribution in [0.3, 0.4) is 0 Å². The van der Waals surface area contributed by atoms with Gasteiger partial charge >= 0.3 is 0 Å². The molecule has 3 rings (SSSR count). The average Bonchev–Trinajstić information content (AvgIpc) is 2.50. The van der Waals surface area contributed by atoms with Gasteiger partial charge in [-0.2, -0.15) is 0 Å². The molecule has 0 N–H and O–H groups in total. The molecule has 2 atom stereocenters. The van der Waals surface area contributed by atoms with Crippen LogP contribution in [0.2, 0.25) is 0 Å². The average molecular weight is 290 g/mol. The number of piperazine rings is 1. The monoisotopic (exact) mass is 290 g/mol. The van der Waals surface area contributed by atoms with Crippen LogP contribution < -0.4 is 0 Å². The van der Waals surface area contributed by atoms with Gasteiger partial charge in [-0.25, -0.2) is 4.39 Å². The normalized spacial score (nSPS) is 28.7. The minimum atomic E-state index is -0.144. The molecule has 1 saturated heterocycles. The smallest absolute Gasteiger partial charge is 0.123 e. The van der Waals surface area contributed by atoms with Gasteiger partial charge in [-0.05, 0) is 36.5 Å². The predicted octanol–water partition coefficient (Wildman–Crippen LogP) is 3.52. The summed E-state index contributed by atoms with van der Waals surface area (Å²) in [6, 6.07) is 7.76. The molecule has 0 aromatic heterocycles. The van der Waals surface area contributed by atoms with E-state index in [9.17, 15) is 4.39 Å². The Labute approximate surface area is 127 Å². The zero-order chi connectivity index (χ0) is 14.7. The molecule has 3 heteroatoms. The number of benzene rings is 1. The van der Waals surface area contributed by atoms with Gasteiger partial charge in [0.05, 0.1) is 0 Å². The van der Waals surface area contributed by atoms with Crippen LogP contribution in [0.5, 0.6) is 0 Å². The highest BCUT2D eigenvalue weighted by Gasteiger charge is 2.27. The van der Waals surface area contributed by atoms with Crippen molar-refractivity contribution in [1.29, 1.82) is 0 Å². The molecule has 1 heterocycles. The molecule has 2 nitrogen and oxygen atoms in total. The molecule has 0 spiro atoms. The van der Waals surface area contributed by atoms with Crippen molar-refractivity contribution in [3.8, 4) is 0 Å². The summed E-state index contributed by atoms with van der Waals surface area (Å²) in [6.07, 6.45) is 5.60. The van der Waals surface area contributed by atoms with E-state index in [-0.39, 0.29) is 5.82 Å². The highest BCUT2D eigenvalue weighted by Crippen LogP contribution is 2.28. The van der Waals surface area contributed by atoms with Gasteiger partial charge in [-0.3, -0.25) is 9.80 Å². The zero-order valence-electron chi connectivity index (χ0n) is 13.1. The van der Waals surface area contributed by atoms with Crippen molar-refractivity contribution >= 4 is 0 Å². The van der Waals surface area contributed by atoms with Crippen LogP contribution in [-0.4, -0.2) is 42.0 Å². The molecule has 21 heavy (non-hydrogen) atoms. The molecule has 0 bridgehead atoms. The molecule has 2 aliphatic rings. The molecule has 0 radical (unpaired) electrons. The second-order valence-electron chi connectivity index (χ2n) is 6.86. The lowest BCUT2D eigenvalue weighted by atomic mass is 9.86. The third-order valence-electron chi connectivity index (χ3n) is 5.15. The molecule has 2 fully saturated rings. The van der Waals surface area contributed by atoms with Gasteiger partial charge in [-0.15, -0.1) is 0 Å². The van der Waals surface area contributed by atoms with E-state index in [2.05, 4.69) is 16.7 Å². The Balaban J connectivity index is 1.47. The second kappa shape index (κ2) is 6.89. The summed E-state index contributed by atoms with van der Waals surface area (Å²) in [5.41, 5.74) is 1.22. The second-order valence-corrected chi connectivity index (χ2v) is 6.86. The van der Waals surface area contributed by atoms with E-state index in [4.69, 9.17) is 0 Å². The van der Waals surface area contributed by atoms with Crippen molar-refractivity contribution in [2.45, 2.75) is 45.2 Å². The number of nitrogens with zero attached hydrogens (tertiary/aromatic N) is 2. The Morgan fingerprint density at radius 1 is 1.05 bits per heavy atom. The van der Waals surface area contributed by atoms with Gasteiger partial charge in [-0.1, -0.05) is 31.9 Å². The maximum atomic E-state index is 12.9. The summed E-state index contributed by atoms with van der Waals surface area (Å²) in [5, 5.41) is 0. The Bertz CT molecular complexity index is 437.